The predicted octanol–water partition coefficient (Wildman–Crippen LogP) is 2.72. The van der Waals surface area contributed by atoms with Crippen molar-refractivity contribution in [1.82, 2.24) is 15.4 Å². The molecule has 0 atom stereocenters. The van der Waals surface area contributed by atoms with E-state index in [-0.39, 0.29) is 24.0 Å². The van der Waals surface area contributed by atoms with Crippen LogP contribution in [0.2, 0.25) is 0 Å². The minimum atomic E-state index is -0.382. The molecule has 2 aromatic carbocycles. The van der Waals surface area contributed by atoms with E-state index in [9.17, 15) is 4.79 Å². The lowest BCUT2D eigenvalue weighted by atomic mass is 10.3. The van der Waals surface area contributed by atoms with E-state index < -0.39 is 0 Å². The maximum absolute atomic E-state index is 12.0. The molecular weight excluding hydrogens is 372 g/mol. The first-order valence-corrected chi connectivity index (χ1v) is 8.98. The second-order valence-electron chi connectivity index (χ2n) is 5.84. The van der Waals surface area contributed by atoms with Crippen molar-refractivity contribution in [2.24, 2.45) is 0 Å². The van der Waals surface area contributed by atoms with Crippen LogP contribution in [0.5, 0.6) is 11.5 Å². The van der Waals surface area contributed by atoms with Gasteiger partial charge < -0.3 is 20.5 Å². The number of rotatable bonds is 9. The van der Waals surface area contributed by atoms with Crippen molar-refractivity contribution < 1.29 is 14.3 Å². The Bertz CT molecular complexity index is 935. The van der Waals surface area contributed by atoms with Crippen molar-refractivity contribution in [1.29, 1.82) is 0 Å². The average molecular weight is 394 g/mol. The molecule has 0 saturated heterocycles. The molecule has 0 fully saturated rings. The fourth-order valence-corrected chi connectivity index (χ4v) is 2.36. The molecule has 0 aliphatic heterocycles. The molecular formula is C20H22N6O3. The fourth-order valence-electron chi connectivity index (χ4n) is 2.36. The number of benzene rings is 2. The van der Waals surface area contributed by atoms with E-state index in [1.807, 2.05) is 49.4 Å². The van der Waals surface area contributed by atoms with Gasteiger partial charge in [0.15, 0.2) is 18.2 Å². The monoisotopic (exact) mass is 394 g/mol. The molecule has 3 aromatic rings. The lowest BCUT2D eigenvalue weighted by Gasteiger charge is -2.13. The number of nitrogens with zero attached hydrogens (tertiary/aromatic N) is 2. The number of nitrogen functional groups attached to an aromatic ring is 1. The number of aromatic nitrogens is 2. The molecule has 1 amide bonds. The Kier molecular flexibility index (Phi) is 6.66. The second kappa shape index (κ2) is 9.79. The van der Waals surface area contributed by atoms with Crippen LogP contribution in [0.3, 0.4) is 0 Å². The molecule has 9 heteroatoms. The summed E-state index contributed by atoms with van der Waals surface area (Å²) in [4.78, 5) is 20.1. The highest BCUT2D eigenvalue weighted by Gasteiger charge is 2.10. The Morgan fingerprint density at radius 2 is 1.66 bits per heavy atom. The zero-order valence-corrected chi connectivity index (χ0v) is 15.9. The summed E-state index contributed by atoms with van der Waals surface area (Å²) in [5.41, 5.74) is 12.3. The third kappa shape index (κ3) is 5.73. The van der Waals surface area contributed by atoms with Crippen LogP contribution in [0, 0.1) is 0 Å². The van der Waals surface area contributed by atoms with Crippen molar-refractivity contribution in [3.8, 4) is 11.5 Å². The first-order chi connectivity index (χ1) is 14.2. The zero-order chi connectivity index (χ0) is 20.5. The number of carbonyl (C=O) groups excluding carboxylic acids is 1. The van der Waals surface area contributed by atoms with Crippen molar-refractivity contribution in [2.75, 3.05) is 29.7 Å². The van der Waals surface area contributed by atoms with Gasteiger partial charge in [0, 0.05) is 5.69 Å². The normalized spacial score (nSPS) is 10.1. The Hall–Kier alpha value is -4.01. The van der Waals surface area contributed by atoms with Crippen LogP contribution in [-0.2, 0) is 4.79 Å². The van der Waals surface area contributed by atoms with Gasteiger partial charge in [-0.05, 0) is 43.3 Å². The third-order valence-corrected chi connectivity index (χ3v) is 3.75. The van der Waals surface area contributed by atoms with Crippen LogP contribution in [0.15, 0.2) is 60.9 Å². The van der Waals surface area contributed by atoms with E-state index in [4.69, 9.17) is 15.2 Å². The summed E-state index contributed by atoms with van der Waals surface area (Å²) in [6.45, 7) is 2.37. The van der Waals surface area contributed by atoms with Crippen LogP contribution in [0.25, 0.3) is 0 Å². The van der Waals surface area contributed by atoms with Gasteiger partial charge in [-0.1, -0.05) is 18.2 Å². The summed E-state index contributed by atoms with van der Waals surface area (Å²) in [5.74, 6) is 1.67. The molecule has 0 aliphatic rings. The molecule has 0 spiro atoms. The fraction of sp³-hybridized carbons (Fsp3) is 0.150. The lowest BCUT2D eigenvalue weighted by molar-refractivity contribution is -0.122. The molecule has 5 N–H and O–H groups in total. The van der Waals surface area contributed by atoms with Crippen molar-refractivity contribution in [3.05, 3.63) is 60.9 Å². The van der Waals surface area contributed by atoms with E-state index in [1.165, 1.54) is 6.33 Å². The summed E-state index contributed by atoms with van der Waals surface area (Å²) in [6.07, 6.45) is 1.34. The minimum Gasteiger partial charge on any atom is -0.494 e. The molecule has 3 rings (SSSR count). The molecule has 150 valence electrons. The van der Waals surface area contributed by atoms with Crippen LogP contribution < -0.4 is 31.4 Å². The smallest absolute Gasteiger partial charge is 0.276 e. The first kappa shape index (κ1) is 19.7. The van der Waals surface area contributed by atoms with Gasteiger partial charge in [-0.2, -0.15) is 0 Å². The Morgan fingerprint density at radius 1 is 0.966 bits per heavy atom. The van der Waals surface area contributed by atoms with Crippen molar-refractivity contribution >= 4 is 28.9 Å². The SMILES string of the molecule is CCOc1ccc(Nc2ncnc(NNC(=O)COc3ccccc3)c2N)cc1. The van der Waals surface area contributed by atoms with E-state index in [0.717, 1.165) is 11.4 Å². The Morgan fingerprint density at radius 3 is 2.38 bits per heavy atom. The van der Waals surface area contributed by atoms with Gasteiger partial charge in [0.05, 0.1) is 6.61 Å². The van der Waals surface area contributed by atoms with Crippen LogP contribution in [-0.4, -0.2) is 29.1 Å². The number of para-hydroxylation sites is 1. The number of amides is 1. The Balaban J connectivity index is 1.56. The number of hydrogen-bond donors (Lipinski definition) is 4. The molecule has 0 unspecified atom stereocenters. The standard InChI is InChI=1S/C20H22N6O3/c1-2-28-16-10-8-14(9-11-16)24-19-18(21)20(23-13-22-19)26-25-17(27)12-29-15-6-4-3-5-7-15/h3-11,13H,2,12,21H2,1H3,(H,25,27)(H2,22,23,24,26). The van der Waals surface area contributed by atoms with Gasteiger partial charge >= 0.3 is 0 Å². The summed E-state index contributed by atoms with van der Waals surface area (Å²) >= 11 is 0. The molecule has 0 bridgehead atoms. The Labute approximate surface area is 168 Å². The number of hydrogen-bond acceptors (Lipinski definition) is 8. The molecule has 9 nitrogen and oxygen atoms in total. The summed E-state index contributed by atoms with van der Waals surface area (Å²) in [5, 5.41) is 3.11. The first-order valence-electron chi connectivity index (χ1n) is 8.98. The van der Waals surface area contributed by atoms with Gasteiger partial charge in [0.25, 0.3) is 5.91 Å². The van der Waals surface area contributed by atoms with Crippen LogP contribution >= 0.6 is 0 Å². The number of nitrogens with two attached hydrogens (primary N) is 1. The highest BCUT2D eigenvalue weighted by atomic mass is 16.5. The summed E-state index contributed by atoms with van der Waals surface area (Å²) < 4.78 is 10.8. The number of anilines is 4. The highest BCUT2D eigenvalue weighted by molar-refractivity contribution is 5.82. The summed E-state index contributed by atoms with van der Waals surface area (Å²) in [6, 6.07) is 16.4. The average Bonchev–Trinajstić information content (AvgIpc) is 2.75. The minimum absolute atomic E-state index is 0.153. The quantitative estimate of drug-likeness (QED) is 0.409. The zero-order valence-electron chi connectivity index (χ0n) is 15.9. The number of carbonyl (C=O) groups is 1. The predicted molar refractivity (Wildman–Crippen MR) is 111 cm³/mol. The molecule has 0 aliphatic carbocycles. The number of hydrazine groups is 1. The number of ether oxygens (including phenoxy) is 2. The molecule has 1 aromatic heterocycles. The molecule has 1 heterocycles. The highest BCUT2D eigenvalue weighted by Crippen LogP contribution is 2.26. The van der Waals surface area contributed by atoms with E-state index >= 15 is 0 Å². The molecule has 29 heavy (non-hydrogen) atoms. The van der Waals surface area contributed by atoms with Crippen LogP contribution in [0.1, 0.15) is 6.92 Å². The maximum Gasteiger partial charge on any atom is 0.276 e. The number of nitrogens with one attached hydrogen (secondary N) is 3. The second-order valence-corrected chi connectivity index (χ2v) is 5.84. The molecule has 0 radical (unpaired) electrons. The van der Waals surface area contributed by atoms with E-state index in [2.05, 4.69) is 26.1 Å². The molecule has 0 saturated carbocycles. The van der Waals surface area contributed by atoms with Crippen molar-refractivity contribution in [3.63, 3.8) is 0 Å². The third-order valence-electron chi connectivity index (χ3n) is 3.75. The van der Waals surface area contributed by atoms with Gasteiger partial charge in [0.2, 0.25) is 0 Å². The lowest BCUT2D eigenvalue weighted by Crippen LogP contribution is -2.34. The van der Waals surface area contributed by atoms with Gasteiger partial charge in [0.1, 0.15) is 23.5 Å². The van der Waals surface area contributed by atoms with Gasteiger partial charge in [-0.25, -0.2) is 9.97 Å². The van der Waals surface area contributed by atoms with E-state index in [0.29, 0.717) is 18.2 Å². The maximum atomic E-state index is 12.0. The topological polar surface area (TPSA) is 123 Å². The van der Waals surface area contributed by atoms with Gasteiger partial charge in [-0.15, -0.1) is 0 Å². The largest absolute Gasteiger partial charge is 0.494 e. The van der Waals surface area contributed by atoms with Crippen molar-refractivity contribution in [2.45, 2.75) is 6.92 Å². The van der Waals surface area contributed by atoms with Crippen LogP contribution in [0.4, 0.5) is 23.0 Å². The summed E-state index contributed by atoms with van der Waals surface area (Å²) in [7, 11) is 0. The van der Waals surface area contributed by atoms with Gasteiger partial charge in [-0.3, -0.25) is 15.6 Å². The van der Waals surface area contributed by atoms with E-state index in [1.54, 1.807) is 12.1 Å².